The summed E-state index contributed by atoms with van der Waals surface area (Å²) in [6, 6.07) is 13.6. The number of amides is 2. The van der Waals surface area contributed by atoms with Crippen LogP contribution >= 0.6 is 0 Å². The van der Waals surface area contributed by atoms with Gasteiger partial charge in [-0.25, -0.2) is 0 Å². The SMILES string of the molecule is CC(C)(C)OC(=O)CCC(CO)NC(=O)c1cccc(CNC(=O)C23CC4OC(=O)C2N(Cc2cccc(C=C5CCC6OC6(C)CCC6C5CC6(C)C)c2)OC3C2OC(C3CC3)(C3CC3)OC42)c1. The van der Waals surface area contributed by atoms with Crippen molar-refractivity contribution >= 4 is 29.8 Å². The third-order valence-corrected chi connectivity index (χ3v) is 17.3. The molecule has 2 aromatic rings. The van der Waals surface area contributed by atoms with E-state index in [4.69, 9.17) is 28.5 Å². The zero-order chi connectivity index (χ0) is 48.3. The summed E-state index contributed by atoms with van der Waals surface area (Å²) in [5, 5.41) is 17.7. The van der Waals surface area contributed by atoms with Gasteiger partial charge in [-0.3, -0.25) is 24.0 Å². The van der Waals surface area contributed by atoms with Gasteiger partial charge < -0.3 is 39.4 Å². The molecular formula is C55H71N3O11. The molecule has 11 rings (SSSR count). The Labute approximate surface area is 405 Å². The predicted molar refractivity (Wildman–Crippen MR) is 252 cm³/mol. The fourth-order valence-corrected chi connectivity index (χ4v) is 13.4. The van der Waals surface area contributed by atoms with E-state index >= 15 is 4.79 Å². The van der Waals surface area contributed by atoms with Crippen LogP contribution in [0.1, 0.15) is 146 Å². The van der Waals surface area contributed by atoms with E-state index in [-0.39, 0.29) is 62.3 Å². The van der Waals surface area contributed by atoms with Crippen molar-refractivity contribution in [1.29, 1.82) is 0 Å². The summed E-state index contributed by atoms with van der Waals surface area (Å²) in [6.45, 7) is 12.4. The van der Waals surface area contributed by atoms with E-state index in [0.29, 0.717) is 34.5 Å². The number of hydrogen-bond donors (Lipinski definition) is 3. The minimum atomic E-state index is -1.35. The zero-order valence-electron chi connectivity index (χ0n) is 41.1. The van der Waals surface area contributed by atoms with Crippen LogP contribution in [0.15, 0.2) is 54.1 Å². The minimum Gasteiger partial charge on any atom is -0.460 e. The molecule has 3 N–H and O–H groups in total. The molecule has 14 nitrogen and oxygen atoms in total. The van der Waals surface area contributed by atoms with Crippen molar-refractivity contribution in [3.8, 4) is 0 Å². The van der Waals surface area contributed by atoms with Gasteiger partial charge >= 0.3 is 11.9 Å². The second kappa shape index (κ2) is 17.3. The second-order valence-electron chi connectivity index (χ2n) is 23.9. The first-order valence-electron chi connectivity index (χ1n) is 25.9. The summed E-state index contributed by atoms with van der Waals surface area (Å²) in [5.41, 5.74) is 2.88. The quantitative estimate of drug-likeness (QED) is 0.130. The van der Waals surface area contributed by atoms with Crippen molar-refractivity contribution in [2.24, 2.45) is 34.5 Å². The van der Waals surface area contributed by atoms with Gasteiger partial charge in [-0.2, -0.15) is 5.06 Å². The first-order valence-corrected chi connectivity index (χ1v) is 25.9. The fraction of sp³-hybridized carbons (Fsp3) is 0.673. The van der Waals surface area contributed by atoms with Gasteiger partial charge in [0, 0.05) is 36.8 Å². The third kappa shape index (κ3) is 8.76. The van der Waals surface area contributed by atoms with Crippen LogP contribution in [0.5, 0.6) is 0 Å². The van der Waals surface area contributed by atoms with Crippen LogP contribution < -0.4 is 10.6 Å². The number of carbonyl (C=O) groups is 4. The summed E-state index contributed by atoms with van der Waals surface area (Å²) in [5.74, 6) is -0.768. The zero-order valence-corrected chi connectivity index (χ0v) is 41.1. The van der Waals surface area contributed by atoms with E-state index in [1.807, 2.05) is 6.07 Å². The largest absolute Gasteiger partial charge is 0.460 e. The van der Waals surface area contributed by atoms with Crippen molar-refractivity contribution in [3.05, 3.63) is 76.4 Å². The number of ether oxygens (including phenoxy) is 5. The van der Waals surface area contributed by atoms with Crippen LogP contribution in [-0.4, -0.2) is 100 Å². The number of carbonyl (C=O) groups excluding carboxylic acids is 4. The monoisotopic (exact) mass is 950 g/mol. The molecule has 0 aromatic heterocycles. The van der Waals surface area contributed by atoms with Crippen molar-refractivity contribution in [2.75, 3.05) is 6.61 Å². The normalized spacial score (nSPS) is 36.0. The highest BCUT2D eigenvalue weighted by atomic mass is 16.8. The van der Waals surface area contributed by atoms with E-state index in [1.165, 1.54) is 18.4 Å². The van der Waals surface area contributed by atoms with Crippen LogP contribution in [0.4, 0.5) is 0 Å². The van der Waals surface area contributed by atoms with E-state index in [1.54, 1.807) is 44.0 Å². The van der Waals surface area contributed by atoms with Gasteiger partial charge in [0.15, 0.2) is 11.8 Å². The molecule has 11 atom stereocenters. The average Bonchev–Trinajstić information content (AvgIpc) is 4.25. The molecule has 0 radical (unpaired) electrons. The Bertz CT molecular complexity index is 2390. The molecule has 2 amide bonds. The number of aliphatic hydroxyl groups is 1. The molecule has 372 valence electrons. The first-order chi connectivity index (χ1) is 32.9. The molecule has 4 heterocycles. The highest BCUT2D eigenvalue weighted by Gasteiger charge is 2.78. The van der Waals surface area contributed by atoms with E-state index in [9.17, 15) is 19.5 Å². The highest BCUT2D eigenvalue weighted by Crippen LogP contribution is 2.64. The number of fused-ring (bicyclic) bond motifs is 6. The molecule has 4 saturated heterocycles. The molecule has 11 unspecified atom stereocenters. The topological polar surface area (TPSA) is 174 Å². The third-order valence-electron chi connectivity index (χ3n) is 17.3. The van der Waals surface area contributed by atoms with Gasteiger partial charge in [0.1, 0.15) is 35.4 Å². The highest BCUT2D eigenvalue weighted by molar-refractivity contribution is 5.95. The Morgan fingerprint density at radius 2 is 1.67 bits per heavy atom. The number of rotatable bonds is 14. The molecule has 5 saturated carbocycles. The summed E-state index contributed by atoms with van der Waals surface area (Å²) in [7, 11) is 0. The van der Waals surface area contributed by atoms with Gasteiger partial charge in [0.25, 0.3) is 5.91 Å². The Hall–Kier alpha value is -4.18. The molecule has 5 aliphatic carbocycles. The van der Waals surface area contributed by atoms with Crippen LogP contribution in [0, 0.1) is 34.5 Å². The van der Waals surface area contributed by atoms with Crippen LogP contribution in [-0.2, 0) is 56.0 Å². The average molecular weight is 950 g/mol. The lowest BCUT2D eigenvalue weighted by molar-refractivity contribution is -0.235. The Balaban J connectivity index is 0.835. The molecule has 2 bridgehead atoms. The van der Waals surface area contributed by atoms with Crippen LogP contribution in [0.2, 0.25) is 0 Å². The van der Waals surface area contributed by atoms with Gasteiger partial charge in [0.05, 0.1) is 30.9 Å². The number of aliphatic hydroxyl groups excluding tert-OH is 1. The van der Waals surface area contributed by atoms with Gasteiger partial charge in [-0.05, 0) is 138 Å². The van der Waals surface area contributed by atoms with Crippen LogP contribution in [0.25, 0.3) is 6.08 Å². The standard InChI is InChI=1S/C55H71N3O11/c1-51(2,3)66-43(60)20-18-38(30-59)57-48(61)35-12-8-10-32(25-35)28-56-50(63)54-27-41-44-45(68-55(67-44,36-14-15-36)37-16-17-37)47(54)69-58(46(54)49(62)64-41)29-33-11-7-9-31(23-33)24-34-13-19-42-53(6,65-42)22-21-40-39(34)26-52(40,4)5/h7-12,23-25,36-42,44-47,59H,13-22,26-30H2,1-6H3,(H,56,63)(H,57,61). The summed E-state index contributed by atoms with van der Waals surface area (Å²) < 4.78 is 32.0. The number of nitrogens with zero attached hydrogens (tertiary/aromatic N) is 1. The summed E-state index contributed by atoms with van der Waals surface area (Å²) in [6.07, 6.45) is 10.0. The summed E-state index contributed by atoms with van der Waals surface area (Å²) in [4.78, 5) is 62.5. The predicted octanol–water partition coefficient (Wildman–Crippen LogP) is 7.09. The number of allylic oxidation sites excluding steroid dienone is 1. The number of benzene rings is 2. The lowest BCUT2D eigenvalue weighted by atomic mass is 9.52. The maximum Gasteiger partial charge on any atom is 0.327 e. The lowest BCUT2D eigenvalue weighted by Crippen LogP contribution is -2.69. The number of hydrogen-bond acceptors (Lipinski definition) is 12. The van der Waals surface area contributed by atoms with Crippen molar-refractivity contribution < 1.29 is 52.8 Å². The molecule has 69 heavy (non-hydrogen) atoms. The number of hydroxylamine groups is 2. The fourth-order valence-electron chi connectivity index (χ4n) is 13.4. The van der Waals surface area contributed by atoms with Gasteiger partial charge in [-0.1, -0.05) is 61.9 Å². The lowest BCUT2D eigenvalue weighted by Gasteiger charge is -2.53. The first kappa shape index (κ1) is 47.2. The molecule has 2 aromatic carbocycles. The van der Waals surface area contributed by atoms with Gasteiger partial charge in [0.2, 0.25) is 5.91 Å². The number of nitrogens with one attached hydrogen (secondary N) is 2. The van der Waals surface area contributed by atoms with Crippen molar-refractivity contribution in [3.63, 3.8) is 0 Å². The van der Waals surface area contributed by atoms with E-state index < -0.39 is 71.1 Å². The molecular weight excluding hydrogens is 879 g/mol. The molecule has 9 fully saturated rings. The van der Waals surface area contributed by atoms with Crippen LogP contribution in [0.3, 0.4) is 0 Å². The molecule has 0 spiro atoms. The Kier molecular flexibility index (Phi) is 11.8. The molecule has 4 aliphatic heterocycles. The number of esters is 2. The smallest absolute Gasteiger partial charge is 0.327 e. The molecule has 14 heteroatoms. The Morgan fingerprint density at radius 1 is 0.928 bits per heavy atom. The van der Waals surface area contributed by atoms with Crippen molar-refractivity contribution in [2.45, 2.75) is 191 Å². The summed E-state index contributed by atoms with van der Waals surface area (Å²) >= 11 is 0. The Morgan fingerprint density at radius 3 is 2.39 bits per heavy atom. The second-order valence-corrected chi connectivity index (χ2v) is 23.9. The minimum absolute atomic E-state index is 0.0159. The van der Waals surface area contributed by atoms with E-state index in [0.717, 1.165) is 56.1 Å². The number of epoxide rings is 1. The van der Waals surface area contributed by atoms with Gasteiger partial charge in [-0.15, -0.1) is 0 Å². The maximum absolute atomic E-state index is 15.2. The maximum atomic E-state index is 15.2. The van der Waals surface area contributed by atoms with E-state index in [2.05, 4.69) is 61.7 Å². The molecule has 9 aliphatic rings. The van der Waals surface area contributed by atoms with Crippen molar-refractivity contribution in [1.82, 2.24) is 15.7 Å².